The van der Waals surface area contributed by atoms with Crippen molar-refractivity contribution >= 4 is 17.3 Å². The lowest BCUT2D eigenvalue weighted by Gasteiger charge is -2.08. The summed E-state index contributed by atoms with van der Waals surface area (Å²) in [6.07, 6.45) is 0. The van der Waals surface area contributed by atoms with Gasteiger partial charge in [0.1, 0.15) is 0 Å². The van der Waals surface area contributed by atoms with Crippen molar-refractivity contribution in [3.63, 3.8) is 0 Å². The second-order valence-electron chi connectivity index (χ2n) is 5.42. The first-order valence-corrected chi connectivity index (χ1v) is 8.12. The maximum Gasteiger partial charge on any atom is 0.264 e. The Hall–Kier alpha value is -2.21. The van der Waals surface area contributed by atoms with Gasteiger partial charge in [0, 0.05) is 16.9 Å². The van der Waals surface area contributed by atoms with Crippen LogP contribution in [0.25, 0.3) is 11.5 Å². The zero-order chi connectivity index (χ0) is 15.5. The van der Waals surface area contributed by atoms with Gasteiger partial charge in [-0.05, 0) is 24.2 Å². The molecular formula is C16H18N4OS. The normalized spacial score (nSPS) is 12.5. The third kappa shape index (κ3) is 3.17. The predicted octanol–water partition coefficient (Wildman–Crippen LogP) is 4.49. The molecule has 0 radical (unpaired) electrons. The molecule has 2 aromatic heterocycles. The van der Waals surface area contributed by atoms with Crippen molar-refractivity contribution in [3.8, 4) is 11.5 Å². The fraction of sp³-hybridized carbons (Fsp3) is 0.312. The monoisotopic (exact) mass is 314 g/mol. The number of hydrogen-bond donors (Lipinski definition) is 1. The standard InChI is InChI=1S/C16H18N4OS/c1-10(2)15-18-13(9-22-15)11(3)17-16-19-14(21-20-16)12-7-5-4-6-8-12/h4-11H,1-3H3,(H,17,20). The Morgan fingerprint density at radius 3 is 2.55 bits per heavy atom. The van der Waals surface area contributed by atoms with Crippen LogP contribution in [0.2, 0.25) is 0 Å². The number of nitrogens with zero attached hydrogens (tertiary/aromatic N) is 3. The Morgan fingerprint density at radius 1 is 1.09 bits per heavy atom. The topological polar surface area (TPSA) is 63.8 Å². The van der Waals surface area contributed by atoms with E-state index in [0.29, 0.717) is 17.8 Å². The number of thiazole rings is 1. The van der Waals surface area contributed by atoms with Gasteiger partial charge in [0.15, 0.2) is 0 Å². The molecule has 0 saturated heterocycles. The van der Waals surface area contributed by atoms with E-state index in [1.807, 2.05) is 37.3 Å². The minimum absolute atomic E-state index is 0.0324. The third-order valence-corrected chi connectivity index (χ3v) is 4.43. The van der Waals surface area contributed by atoms with Crippen molar-refractivity contribution in [2.75, 3.05) is 5.32 Å². The van der Waals surface area contributed by atoms with Crippen LogP contribution >= 0.6 is 11.3 Å². The molecule has 0 aliphatic heterocycles. The number of hydrogen-bond acceptors (Lipinski definition) is 6. The van der Waals surface area contributed by atoms with Crippen LogP contribution in [0, 0.1) is 0 Å². The molecule has 0 bridgehead atoms. The molecule has 5 nitrogen and oxygen atoms in total. The van der Waals surface area contributed by atoms with Gasteiger partial charge in [-0.25, -0.2) is 4.98 Å². The van der Waals surface area contributed by atoms with E-state index in [1.165, 1.54) is 0 Å². The average molecular weight is 314 g/mol. The molecule has 1 atom stereocenters. The van der Waals surface area contributed by atoms with Gasteiger partial charge in [-0.1, -0.05) is 32.0 Å². The number of anilines is 1. The Balaban J connectivity index is 1.71. The predicted molar refractivity (Wildman–Crippen MR) is 88.0 cm³/mol. The Kier molecular flexibility index (Phi) is 4.20. The van der Waals surface area contributed by atoms with Crippen molar-refractivity contribution in [1.29, 1.82) is 0 Å². The van der Waals surface area contributed by atoms with Crippen LogP contribution in [0.15, 0.2) is 40.2 Å². The van der Waals surface area contributed by atoms with E-state index in [1.54, 1.807) is 11.3 Å². The number of aromatic nitrogens is 3. The molecule has 6 heteroatoms. The van der Waals surface area contributed by atoms with Crippen LogP contribution < -0.4 is 5.32 Å². The molecule has 1 aromatic carbocycles. The molecule has 0 saturated carbocycles. The van der Waals surface area contributed by atoms with E-state index in [9.17, 15) is 0 Å². The van der Waals surface area contributed by atoms with Crippen LogP contribution in [0.4, 0.5) is 5.95 Å². The highest BCUT2D eigenvalue weighted by atomic mass is 32.1. The molecule has 0 aliphatic carbocycles. The van der Waals surface area contributed by atoms with Crippen LogP contribution in [-0.4, -0.2) is 15.1 Å². The summed E-state index contributed by atoms with van der Waals surface area (Å²) in [5.74, 6) is 1.43. The molecular weight excluding hydrogens is 296 g/mol. The molecule has 1 N–H and O–H groups in total. The van der Waals surface area contributed by atoms with Gasteiger partial charge in [0.2, 0.25) is 0 Å². The highest BCUT2D eigenvalue weighted by Crippen LogP contribution is 2.25. The zero-order valence-electron chi connectivity index (χ0n) is 12.8. The maximum atomic E-state index is 5.29. The van der Waals surface area contributed by atoms with Crippen molar-refractivity contribution < 1.29 is 4.52 Å². The summed E-state index contributed by atoms with van der Waals surface area (Å²) in [6.45, 7) is 6.33. The largest absolute Gasteiger partial charge is 0.343 e. The van der Waals surface area contributed by atoms with Gasteiger partial charge in [-0.3, -0.25) is 0 Å². The Morgan fingerprint density at radius 2 is 1.86 bits per heavy atom. The van der Waals surface area contributed by atoms with E-state index < -0.39 is 0 Å². The quantitative estimate of drug-likeness (QED) is 0.751. The molecule has 22 heavy (non-hydrogen) atoms. The summed E-state index contributed by atoms with van der Waals surface area (Å²) in [5, 5.41) is 10.4. The lowest BCUT2D eigenvalue weighted by molar-refractivity contribution is 0.431. The van der Waals surface area contributed by atoms with Gasteiger partial charge in [-0.15, -0.1) is 11.3 Å². The second-order valence-corrected chi connectivity index (χ2v) is 6.31. The average Bonchev–Trinajstić information content (AvgIpc) is 3.17. The number of nitrogens with one attached hydrogen (secondary N) is 1. The zero-order valence-corrected chi connectivity index (χ0v) is 13.6. The first-order valence-electron chi connectivity index (χ1n) is 7.24. The summed E-state index contributed by atoms with van der Waals surface area (Å²) in [4.78, 5) is 9.02. The van der Waals surface area contributed by atoms with Crippen LogP contribution in [-0.2, 0) is 0 Å². The van der Waals surface area contributed by atoms with Gasteiger partial charge >= 0.3 is 0 Å². The molecule has 3 rings (SSSR count). The van der Waals surface area contributed by atoms with Gasteiger partial charge in [0.05, 0.1) is 16.7 Å². The fourth-order valence-corrected chi connectivity index (χ4v) is 2.94. The molecule has 1 unspecified atom stereocenters. The van der Waals surface area contributed by atoms with Crippen molar-refractivity contribution in [1.82, 2.24) is 15.1 Å². The summed E-state index contributed by atoms with van der Waals surface area (Å²) in [7, 11) is 0. The minimum Gasteiger partial charge on any atom is -0.343 e. The smallest absolute Gasteiger partial charge is 0.264 e. The summed E-state index contributed by atoms with van der Waals surface area (Å²) in [6, 6.07) is 9.75. The fourth-order valence-electron chi connectivity index (χ4n) is 2.01. The molecule has 0 amide bonds. The minimum atomic E-state index is 0.0324. The number of benzene rings is 1. The van der Waals surface area contributed by atoms with Crippen LogP contribution in [0.1, 0.15) is 43.4 Å². The van der Waals surface area contributed by atoms with Gasteiger partial charge < -0.3 is 9.84 Å². The van der Waals surface area contributed by atoms with E-state index in [-0.39, 0.29) is 6.04 Å². The lowest BCUT2D eigenvalue weighted by atomic mass is 10.2. The SMILES string of the molecule is CC(C)c1nc(C(C)Nc2noc(-c3ccccc3)n2)cs1. The second kappa shape index (κ2) is 6.27. The molecule has 0 fully saturated rings. The highest BCUT2D eigenvalue weighted by molar-refractivity contribution is 7.09. The Labute approximate surface area is 133 Å². The van der Waals surface area contributed by atoms with Crippen molar-refractivity contribution in [2.45, 2.75) is 32.7 Å². The van der Waals surface area contributed by atoms with Gasteiger partial charge in [0.25, 0.3) is 11.8 Å². The van der Waals surface area contributed by atoms with Crippen LogP contribution in [0.3, 0.4) is 0 Å². The molecule has 2 heterocycles. The van der Waals surface area contributed by atoms with Crippen molar-refractivity contribution in [3.05, 3.63) is 46.4 Å². The summed E-state index contributed by atoms with van der Waals surface area (Å²) in [5.41, 5.74) is 1.91. The van der Waals surface area contributed by atoms with Gasteiger partial charge in [-0.2, -0.15) is 4.98 Å². The first-order chi connectivity index (χ1) is 10.6. The lowest BCUT2D eigenvalue weighted by Crippen LogP contribution is -2.08. The molecule has 114 valence electrons. The first kappa shape index (κ1) is 14.7. The third-order valence-electron chi connectivity index (χ3n) is 3.27. The van der Waals surface area contributed by atoms with E-state index in [4.69, 9.17) is 4.52 Å². The maximum absolute atomic E-state index is 5.29. The molecule has 3 aromatic rings. The summed E-state index contributed by atoms with van der Waals surface area (Å²) < 4.78 is 5.29. The van der Waals surface area contributed by atoms with Crippen LogP contribution in [0.5, 0.6) is 0 Å². The van der Waals surface area contributed by atoms with E-state index in [0.717, 1.165) is 16.3 Å². The molecule has 0 spiro atoms. The Bertz CT molecular complexity index is 735. The summed E-state index contributed by atoms with van der Waals surface area (Å²) >= 11 is 1.68. The van der Waals surface area contributed by atoms with E-state index in [2.05, 4.69) is 39.7 Å². The molecule has 0 aliphatic rings. The highest BCUT2D eigenvalue weighted by Gasteiger charge is 2.15. The number of rotatable bonds is 5. The van der Waals surface area contributed by atoms with Crippen molar-refractivity contribution in [2.24, 2.45) is 0 Å². The van der Waals surface area contributed by atoms with E-state index >= 15 is 0 Å².